The van der Waals surface area contributed by atoms with E-state index in [4.69, 9.17) is 0 Å². The third kappa shape index (κ3) is 3.45. The zero-order chi connectivity index (χ0) is 13.0. The highest BCUT2D eigenvalue weighted by molar-refractivity contribution is 5.93. The summed E-state index contributed by atoms with van der Waals surface area (Å²) in [6, 6.07) is 0.529. The minimum Gasteiger partial charge on any atom is -0.334 e. The number of rotatable bonds is 4. The number of carbonyl (C=O) groups excluding carboxylic acids is 1. The number of amides is 1. The Morgan fingerprint density at radius 3 is 2.35 bits per heavy atom. The van der Waals surface area contributed by atoms with E-state index in [-0.39, 0.29) is 18.0 Å². The van der Waals surface area contributed by atoms with Crippen LogP contribution in [0.3, 0.4) is 0 Å². The van der Waals surface area contributed by atoms with Crippen LogP contribution in [0.1, 0.15) is 47.0 Å². The summed E-state index contributed by atoms with van der Waals surface area (Å²) in [6.45, 7) is 12.1. The van der Waals surface area contributed by atoms with Crippen molar-refractivity contribution >= 4 is 5.91 Å². The molecular formula is C15H25NO. The summed E-state index contributed by atoms with van der Waals surface area (Å²) in [5.41, 5.74) is 0.991. The molecule has 1 atom stereocenters. The number of carbonyl (C=O) groups is 1. The average Bonchev–Trinajstić information content (AvgIpc) is 2.28. The average molecular weight is 235 g/mol. The topological polar surface area (TPSA) is 20.3 Å². The van der Waals surface area contributed by atoms with Gasteiger partial charge in [0.1, 0.15) is 0 Å². The molecule has 0 spiro atoms. The van der Waals surface area contributed by atoms with E-state index in [0.717, 1.165) is 24.8 Å². The molecule has 0 N–H and O–H groups in total. The van der Waals surface area contributed by atoms with Crippen molar-refractivity contribution in [3.05, 3.63) is 24.3 Å². The van der Waals surface area contributed by atoms with Gasteiger partial charge in [0.15, 0.2) is 0 Å². The summed E-state index contributed by atoms with van der Waals surface area (Å²) in [4.78, 5) is 14.4. The van der Waals surface area contributed by atoms with Crippen LogP contribution in [-0.4, -0.2) is 22.9 Å². The van der Waals surface area contributed by atoms with Gasteiger partial charge in [-0.3, -0.25) is 4.79 Å². The number of hydrogen-bond donors (Lipinski definition) is 0. The maximum absolute atomic E-state index is 12.4. The van der Waals surface area contributed by atoms with Crippen LogP contribution in [0.5, 0.6) is 0 Å². The molecule has 0 radical (unpaired) electrons. The molecule has 0 bridgehead atoms. The smallest absolute Gasteiger partial charge is 0.249 e. The van der Waals surface area contributed by atoms with Crippen LogP contribution in [-0.2, 0) is 4.79 Å². The van der Waals surface area contributed by atoms with Crippen LogP contribution in [0, 0.1) is 5.92 Å². The van der Waals surface area contributed by atoms with E-state index in [1.54, 1.807) is 0 Å². The molecule has 17 heavy (non-hydrogen) atoms. The molecule has 96 valence electrons. The molecule has 1 aliphatic rings. The van der Waals surface area contributed by atoms with Crippen LogP contribution < -0.4 is 0 Å². The molecule has 2 nitrogen and oxygen atoms in total. The van der Waals surface area contributed by atoms with Gasteiger partial charge in [0.25, 0.3) is 0 Å². The first-order chi connectivity index (χ1) is 7.97. The molecule has 1 aliphatic carbocycles. The third-order valence-electron chi connectivity index (χ3n) is 3.41. The van der Waals surface area contributed by atoms with Crippen molar-refractivity contribution in [2.24, 2.45) is 5.92 Å². The SMILES string of the molecule is C=CC1CC=C(C(=O)N(C(C)C)C(C)C)CC1. The summed E-state index contributed by atoms with van der Waals surface area (Å²) in [7, 11) is 0. The highest BCUT2D eigenvalue weighted by atomic mass is 16.2. The molecular weight excluding hydrogens is 210 g/mol. The second kappa shape index (κ2) is 6.04. The Bertz CT molecular complexity index is 307. The fourth-order valence-electron chi connectivity index (χ4n) is 2.49. The number of hydrogen-bond acceptors (Lipinski definition) is 1. The highest BCUT2D eigenvalue weighted by Gasteiger charge is 2.25. The van der Waals surface area contributed by atoms with Gasteiger partial charge in [0.05, 0.1) is 0 Å². The van der Waals surface area contributed by atoms with Crippen molar-refractivity contribution in [3.8, 4) is 0 Å². The van der Waals surface area contributed by atoms with E-state index in [1.807, 2.05) is 11.0 Å². The molecule has 1 amide bonds. The van der Waals surface area contributed by atoms with Crippen LogP contribution in [0.15, 0.2) is 24.3 Å². The molecule has 0 aromatic rings. The molecule has 0 saturated heterocycles. The van der Waals surface area contributed by atoms with Gasteiger partial charge in [-0.25, -0.2) is 0 Å². The summed E-state index contributed by atoms with van der Waals surface area (Å²) in [5.74, 6) is 0.774. The van der Waals surface area contributed by atoms with Crippen LogP contribution in [0.4, 0.5) is 0 Å². The first-order valence-corrected chi connectivity index (χ1v) is 6.61. The van der Waals surface area contributed by atoms with Gasteiger partial charge in [-0.1, -0.05) is 12.2 Å². The van der Waals surface area contributed by atoms with Gasteiger partial charge in [0, 0.05) is 17.7 Å². The molecule has 1 unspecified atom stereocenters. The van der Waals surface area contributed by atoms with Gasteiger partial charge in [-0.15, -0.1) is 6.58 Å². The van der Waals surface area contributed by atoms with Crippen molar-refractivity contribution in [2.45, 2.75) is 59.0 Å². The number of nitrogens with zero attached hydrogens (tertiary/aromatic N) is 1. The quantitative estimate of drug-likeness (QED) is 0.682. The van der Waals surface area contributed by atoms with Crippen LogP contribution in [0.25, 0.3) is 0 Å². The van der Waals surface area contributed by atoms with Gasteiger partial charge in [-0.2, -0.15) is 0 Å². The maximum Gasteiger partial charge on any atom is 0.249 e. The van der Waals surface area contributed by atoms with E-state index in [0.29, 0.717) is 5.92 Å². The minimum atomic E-state index is 0.220. The lowest BCUT2D eigenvalue weighted by molar-refractivity contribution is -0.130. The van der Waals surface area contributed by atoms with Crippen molar-refractivity contribution in [2.75, 3.05) is 0 Å². The Balaban J connectivity index is 2.76. The van der Waals surface area contributed by atoms with Crippen LogP contribution in [0.2, 0.25) is 0 Å². The van der Waals surface area contributed by atoms with Gasteiger partial charge < -0.3 is 4.90 Å². The normalized spacial score (nSPS) is 20.4. The summed E-state index contributed by atoms with van der Waals surface area (Å²) < 4.78 is 0. The molecule has 0 aromatic heterocycles. The standard InChI is InChI=1S/C15H25NO/c1-6-13-7-9-14(10-8-13)15(17)16(11(2)3)12(4)5/h6,9,11-13H,1,7-8,10H2,2-5H3. The Morgan fingerprint density at radius 2 is 2.00 bits per heavy atom. The summed E-state index contributed by atoms with van der Waals surface area (Å²) in [5, 5.41) is 0. The van der Waals surface area contributed by atoms with E-state index in [2.05, 4.69) is 40.3 Å². The molecule has 0 heterocycles. The first-order valence-electron chi connectivity index (χ1n) is 6.61. The van der Waals surface area contributed by atoms with E-state index < -0.39 is 0 Å². The lowest BCUT2D eigenvalue weighted by Gasteiger charge is -2.33. The zero-order valence-electron chi connectivity index (χ0n) is 11.6. The lowest BCUT2D eigenvalue weighted by Crippen LogP contribution is -2.43. The Hall–Kier alpha value is -1.05. The number of allylic oxidation sites excluding steroid dienone is 2. The van der Waals surface area contributed by atoms with E-state index >= 15 is 0 Å². The largest absolute Gasteiger partial charge is 0.334 e. The maximum atomic E-state index is 12.4. The van der Waals surface area contributed by atoms with Crippen molar-refractivity contribution in [1.29, 1.82) is 0 Å². The van der Waals surface area contributed by atoms with E-state index in [1.165, 1.54) is 0 Å². The van der Waals surface area contributed by atoms with Crippen molar-refractivity contribution in [3.63, 3.8) is 0 Å². The highest BCUT2D eigenvalue weighted by Crippen LogP contribution is 2.26. The summed E-state index contributed by atoms with van der Waals surface area (Å²) in [6.07, 6.45) is 7.03. The fraction of sp³-hybridized carbons (Fsp3) is 0.667. The molecule has 0 saturated carbocycles. The van der Waals surface area contributed by atoms with Crippen molar-refractivity contribution in [1.82, 2.24) is 4.90 Å². The second-order valence-electron chi connectivity index (χ2n) is 5.40. The molecule has 2 heteroatoms. The summed E-state index contributed by atoms with van der Waals surface area (Å²) >= 11 is 0. The minimum absolute atomic E-state index is 0.220. The Kier molecular flexibility index (Phi) is 4.98. The predicted octanol–water partition coefficient (Wildman–Crippen LogP) is 3.54. The third-order valence-corrected chi connectivity index (χ3v) is 3.41. The van der Waals surface area contributed by atoms with Gasteiger partial charge in [-0.05, 0) is 52.9 Å². The fourth-order valence-corrected chi connectivity index (χ4v) is 2.49. The second-order valence-corrected chi connectivity index (χ2v) is 5.40. The molecule has 1 rings (SSSR count). The molecule has 0 aromatic carbocycles. The molecule has 0 aliphatic heterocycles. The van der Waals surface area contributed by atoms with Gasteiger partial charge in [0.2, 0.25) is 5.91 Å². The van der Waals surface area contributed by atoms with Crippen LogP contribution >= 0.6 is 0 Å². The zero-order valence-corrected chi connectivity index (χ0v) is 11.6. The van der Waals surface area contributed by atoms with Crippen molar-refractivity contribution < 1.29 is 4.79 Å². The molecule has 0 fully saturated rings. The predicted molar refractivity (Wildman–Crippen MR) is 72.7 cm³/mol. The first kappa shape index (κ1) is 14.0. The monoisotopic (exact) mass is 235 g/mol. The Morgan fingerprint density at radius 1 is 1.41 bits per heavy atom. The lowest BCUT2D eigenvalue weighted by atomic mass is 9.89. The van der Waals surface area contributed by atoms with Gasteiger partial charge >= 0.3 is 0 Å². The van der Waals surface area contributed by atoms with E-state index in [9.17, 15) is 4.79 Å². The Labute approximate surface area is 105 Å².